The molecule has 15 heavy (non-hydrogen) atoms. The van der Waals surface area contributed by atoms with Crippen LogP contribution in [0.3, 0.4) is 0 Å². The maximum absolute atomic E-state index is 9.01. The van der Waals surface area contributed by atoms with Crippen molar-refractivity contribution in [2.24, 2.45) is 0 Å². The Bertz CT molecular complexity index is 219. The summed E-state index contributed by atoms with van der Waals surface area (Å²) >= 11 is 0. The van der Waals surface area contributed by atoms with Gasteiger partial charge in [0, 0.05) is 19.4 Å². The van der Waals surface area contributed by atoms with Gasteiger partial charge in [-0.05, 0) is 33.1 Å². The zero-order valence-corrected chi connectivity index (χ0v) is 9.79. The van der Waals surface area contributed by atoms with E-state index in [9.17, 15) is 0 Å². The third-order valence-corrected chi connectivity index (χ3v) is 3.59. The van der Waals surface area contributed by atoms with Gasteiger partial charge >= 0.3 is 0 Å². The van der Waals surface area contributed by atoms with Crippen molar-refractivity contribution in [3.63, 3.8) is 0 Å². The van der Waals surface area contributed by atoms with Crippen LogP contribution in [-0.4, -0.2) is 29.2 Å². The normalized spacial score (nSPS) is 33.4. The molecule has 1 saturated carbocycles. The van der Waals surface area contributed by atoms with Gasteiger partial charge in [0.15, 0.2) is 5.79 Å². The molecular formula is C12H22O3. The summed E-state index contributed by atoms with van der Waals surface area (Å²) in [6.45, 7) is 4.31. The predicted molar refractivity (Wildman–Crippen MR) is 57.6 cm³/mol. The Morgan fingerprint density at radius 3 is 2.47 bits per heavy atom. The van der Waals surface area contributed by atoms with Crippen LogP contribution in [-0.2, 0) is 9.47 Å². The Labute approximate surface area is 91.8 Å². The Morgan fingerprint density at radius 2 is 1.87 bits per heavy atom. The van der Waals surface area contributed by atoms with Gasteiger partial charge in [-0.15, -0.1) is 0 Å². The first-order chi connectivity index (χ1) is 7.08. The van der Waals surface area contributed by atoms with Crippen LogP contribution in [0.5, 0.6) is 0 Å². The average Bonchev–Trinajstić information content (AvgIpc) is 2.39. The third kappa shape index (κ3) is 2.19. The molecule has 0 aromatic carbocycles. The van der Waals surface area contributed by atoms with Crippen molar-refractivity contribution in [3.05, 3.63) is 0 Å². The number of aliphatic hydroxyl groups is 1. The lowest BCUT2D eigenvalue weighted by Crippen LogP contribution is -2.35. The molecule has 2 aliphatic rings. The third-order valence-electron chi connectivity index (χ3n) is 3.59. The molecular weight excluding hydrogens is 192 g/mol. The van der Waals surface area contributed by atoms with E-state index in [0.29, 0.717) is 6.42 Å². The molecule has 2 fully saturated rings. The summed E-state index contributed by atoms with van der Waals surface area (Å²) < 4.78 is 12.2. The topological polar surface area (TPSA) is 38.7 Å². The minimum absolute atomic E-state index is 0.0422. The Kier molecular flexibility index (Phi) is 3.06. The second-order valence-electron chi connectivity index (χ2n) is 5.30. The van der Waals surface area contributed by atoms with Gasteiger partial charge in [-0.25, -0.2) is 0 Å². The largest absolute Gasteiger partial charge is 0.396 e. The van der Waals surface area contributed by atoms with Gasteiger partial charge in [-0.2, -0.15) is 0 Å². The van der Waals surface area contributed by atoms with E-state index in [1.165, 1.54) is 19.3 Å². The van der Waals surface area contributed by atoms with E-state index in [2.05, 4.69) is 13.8 Å². The van der Waals surface area contributed by atoms with E-state index in [4.69, 9.17) is 14.6 Å². The monoisotopic (exact) mass is 214 g/mol. The lowest BCUT2D eigenvalue weighted by atomic mass is 9.94. The number of hydrogen-bond acceptors (Lipinski definition) is 3. The summed E-state index contributed by atoms with van der Waals surface area (Å²) in [5, 5.41) is 9.01. The first-order valence-corrected chi connectivity index (χ1v) is 6.07. The number of ether oxygens (including phenoxy) is 2. The van der Waals surface area contributed by atoms with Crippen molar-refractivity contribution in [1.29, 1.82) is 0 Å². The molecule has 3 heteroatoms. The highest BCUT2D eigenvalue weighted by molar-refractivity contribution is 4.93. The molecule has 0 bridgehead atoms. The molecule has 1 spiro atoms. The van der Waals surface area contributed by atoms with E-state index in [0.717, 1.165) is 12.8 Å². The van der Waals surface area contributed by atoms with Crippen LogP contribution < -0.4 is 0 Å². The molecule has 1 saturated heterocycles. The molecule has 0 amide bonds. The second kappa shape index (κ2) is 4.04. The molecule has 3 nitrogen and oxygen atoms in total. The number of aliphatic hydroxyl groups excluding tert-OH is 1. The Balaban J connectivity index is 2.06. The minimum Gasteiger partial charge on any atom is -0.396 e. The molecule has 1 heterocycles. The van der Waals surface area contributed by atoms with Crippen LogP contribution in [0.2, 0.25) is 0 Å². The highest BCUT2D eigenvalue weighted by Gasteiger charge is 2.51. The lowest BCUT2D eigenvalue weighted by Gasteiger charge is -2.32. The van der Waals surface area contributed by atoms with Gasteiger partial charge in [0.2, 0.25) is 0 Å². The molecule has 2 rings (SSSR count). The maximum atomic E-state index is 9.01. The average molecular weight is 214 g/mol. The lowest BCUT2D eigenvalue weighted by molar-refractivity contribution is -0.203. The van der Waals surface area contributed by atoms with Crippen molar-refractivity contribution in [3.8, 4) is 0 Å². The van der Waals surface area contributed by atoms with Crippen LogP contribution in [0, 0.1) is 0 Å². The van der Waals surface area contributed by atoms with Gasteiger partial charge in [-0.1, -0.05) is 6.42 Å². The van der Waals surface area contributed by atoms with E-state index in [1.54, 1.807) is 0 Å². The van der Waals surface area contributed by atoms with Gasteiger partial charge < -0.3 is 14.6 Å². The van der Waals surface area contributed by atoms with E-state index < -0.39 is 0 Å². The first kappa shape index (κ1) is 11.4. The fourth-order valence-electron chi connectivity index (χ4n) is 2.80. The van der Waals surface area contributed by atoms with Crippen LogP contribution in [0.25, 0.3) is 0 Å². The summed E-state index contributed by atoms with van der Waals surface area (Å²) in [6.07, 6.45) is 6.43. The smallest absolute Gasteiger partial charge is 0.169 e. The molecule has 1 aliphatic carbocycles. The van der Waals surface area contributed by atoms with E-state index >= 15 is 0 Å². The predicted octanol–water partition coefficient (Wildman–Crippen LogP) is 2.22. The van der Waals surface area contributed by atoms with Gasteiger partial charge in [0.25, 0.3) is 0 Å². The summed E-state index contributed by atoms with van der Waals surface area (Å²) in [4.78, 5) is 0. The highest BCUT2D eigenvalue weighted by atomic mass is 16.8. The molecule has 1 atom stereocenters. The SMILES string of the molecule is CC1(C)OC2(CCCCC2)O[C@@H]1CCO. The highest BCUT2D eigenvalue weighted by Crippen LogP contribution is 2.45. The van der Waals surface area contributed by atoms with Gasteiger partial charge in [0.05, 0.1) is 11.7 Å². The fourth-order valence-corrected chi connectivity index (χ4v) is 2.80. The second-order valence-corrected chi connectivity index (χ2v) is 5.30. The molecule has 0 aromatic rings. The summed E-state index contributed by atoms with van der Waals surface area (Å²) in [5.41, 5.74) is -0.250. The van der Waals surface area contributed by atoms with E-state index in [1.807, 2.05) is 0 Å². The van der Waals surface area contributed by atoms with Crippen LogP contribution in [0.4, 0.5) is 0 Å². The molecule has 0 aromatic heterocycles. The van der Waals surface area contributed by atoms with Gasteiger partial charge in [-0.3, -0.25) is 0 Å². The molecule has 0 radical (unpaired) electrons. The summed E-state index contributed by atoms with van der Waals surface area (Å²) in [5.74, 6) is -0.332. The Hall–Kier alpha value is -0.120. The summed E-state index contributed by atoms with van der Waals surface area (Å²) in [6, 6.07) is 0. The van der Waals surface area contributed by atoms with Crippen molar-refractivity contribution in [2.45, 2.75) is 69.9 Å². The minimum atomic E-state index is -0.332. The van der Waals surface area contributed by atoms with Crippen molar-refractivity contribution in [2.75, 3.05) is 6.61 Å². The Morgan fingerprint density at radius 1 is 1.20 bits per heavy atom. The van der Waals surface area contributed by atoms with Crippen molar-refractivity contribution in [1.82, 2.24) is 0 Å². The first-order valence-electron chi connectivity index (χ1n) is 6.07. The summed E-state index contributed by atoms with van der Waals surface area (Å²) in [7, 11) is 0. The number of hydrogen-bond donors (Lipinski definition) is 1. The van der Waals surface area contributed by atoms with Crippen molar-refractivity contribution >= 4 is 0 Å². The molecule has 1 aliphatic heterocycles. The quantitative estimate of drug-likeness (QED) is 0.766. The van der Waals surface area contributed by atoms with Crippen LogP contribution >= 0.6 is 0 Å². The standard InChI is InChI=1S/C12H22O3/c1-11(2)10(6-9-13)14-12(15-11)7-4-3-5-8-12/h10,13H,3-9H2,1-2H3/t10-/m1/s1. The fraction of sp³-hybridized carbons (Fsp3) is 1.00. The van der Waals surface area contributed by atoms with Gasteiger partial charge in [0.1, 0.15) is 0 Å². The van der Waals surface area contributed by atoms with Crippen molar-refractivity contribution < 1.29 is 14.6 Å². The zero-order chi connectivity index (χ0) is 10.9. The maximum Gasteiger partial charge on any atom is 0.169 e. The molecule has 88 valence electrons. The van der Waals surface area contributed by atoms with E-state index in [-0.39, 0.29) is 24.1 Å². The molecule has 0 unspecified atom stereocenters. The van der Waals surface area contributed by atoms with Crippen LogP contribution in [0.15, 0.2) is 0 Å². The molecule has 1 N–H and O–H groups in total. The van der Waals surface area contributed by atoms with Crippen LogP contribution in [0.1, 0.15) is 52.4 Å². The zero-order valence-electron chi connectivity index (χ0n) is 9.79. The number of rotatable bonds is 2.